The number of hydrogen-bond acceptors (Lipinski definition) is 4. The maximum atomic E-state index is 13.1. The number of hydrogen-bond donors (Lipinski definition) is 0. The average molecular weight is 375 g/mol. The second kappa shape index (κ2) is 7.53. The maximum Gasteiger partial charge on any atom is 0.243 e. The van der Waals surface area contributed by atoms with Crippen molar-refractivity contribution in [2.75, 3.05) is 6.26 Å². The zero-order valence-electron chi connectivity index (χ0n) is 15.4. The molecule has 0 amide bonds. The summed E-state index contributed by atoms with van der Waals surface area (Å²) in [5, 5.41) is 0.253. The molecule has 0 bridgehead atoms. The first kappa shape index (κ1) is 18.5. The molecule has 7 heteroatoms. The van der Waals surface area contributed by atoms with Crippen LogP contribution in [0.1, 0.15) is 30.2 Å². The van der Waals surface area contributed by atoms with Crippen molar-refractivity contribution >= 4 is 21.8 Å². The van der Waals surface area contributed by atoms with Gasteiger partial charge in [0.2, 0.25) is 11.0 Å². The zero-order valence-corrected chi connectivity index (χ0v) is 16.2. The van der Waals surface area contributed by atoms with E-state index < -0.39 is 10.8 Å². The molecule has 0 spiro atoms. The molecular formula is C19H22FN3O2S. The lowest BCUT2D eigenvalue weighted by Gasteiger charge is -2.12. The smallest absolute Gasteiger partial charge is 0.243 e. The number of aromatic nitrogens is 3. The van der Waals surface area contributed by atoms with Gasteiger partial charge in [0.25, 0.3) is 0 Å². The van der Waals surface area contributed by atoms with E-state index in [1.807, 2.05) is 13.8 Å². The van der Waals surface area contributed by atoms with Crippen LogP contribution in [0.25, 0.3) is 11.0 Å². The van der Waals surface area contributed by atoms with Crippen molar-refractivity contribution < 1.29 is 13.3 Å². The van der Waals surface area contributed by atoms with E-state index in [1.165, 1.54) is 12.1 Å². The molecule has 138 valence electrons. The molecule has 1 aromatic carbocycles. The molecule has 2 aromatic heterocycles. The van der Waals surface area contributed by atoms with Crippen LogP contribution in [-0.2, 0) is 24.0 Å². The minimum Gasteiger partial charge on any atom is -0.471 e. The van der Waals surface area contributed by atoms with E-state index in [1.54, 1.807) is 18.4 Å². The Hall–Kier alpha value is -2.28. The second-order valence-electron chi connectivity index (χ2n) is 6.24. The van der Waals surface area contributed by atoms with Crippen molar-refractivity contribution in [2.45, 2.75) is 45.5 Å². The summed E-state index contributed by atoms with van der Waals surface area (Å²) in [5.41, 5.74) is 4.55. The third-order valence-electron chi connectivity index (χ3n) is 4.40. The molecule has 0 N–H and O–H groups in total. The number of aryl methyl sites for hydroxylation is 2. The summed E-state index contributed by atoms with van der Waals surface area (Å²) in [7, 11) is -1.32. The van der Waals surface area contributed by atoms with Crippen LogP contribution in [0.15, 0.2) is 29.4 Å². The monoisotopic (exact) mass is 375 g/mol. The average Bonchev–Trinajstić information content (AvgIpc) is 2.86. The van der Waals surface area contributed by atoms with Crippen LogP contribution >= 0.6 is 0 Å². The highest BCUT2D eigenvalue weighted by Gasteiger charge is 2.20. The number of rotatable bonds is 6. The molecule has 0 saturated carbocycles. The number of nitrogens with zero attached hydrogens (tertiary/aromatic N) is 3. The van der Waals surface area contributed by atoms with E-state index >= 15 is 0 Å². The summed E-state index contributed by atoms with van der Waals surface area (Å²) in [6.45, 7) is 7.22. The molecule has 1 atom stereocenters. The van der Waals surface area contributed by atoms with E-state index in [0.29, 0.717) is 5.88 Å². The van der Waals surface area contributed by atoms with Gasteiger partial charge < -0.3 is 9.30 Å². The standard InChI is InChI=1S/C19H22FN3O2S/c1-5-10-23-13(3)12(2)16-17(23)18(22-19(21-16)26(4)24)25-11-14-6-8-15(20)9-7-14/h6-9H,5,10-11H2,1-4H3. The van der Waals surface area contributed by atoms with E-state index in [4.69, 9.17) is 4.74 Å². The Kier molecular flexibility index (Phi) is 5.36. The Morgan fingerprint density at radius 2 is 1.88 bits per heavy atom. The van der Waals surface area contributed by atoms with Crippen molar-refractivity contribution in [3.05, 3.63) is 46.9 Å². The summed E-state index contributed by atoms with van der Waals surface area (Å²) in [6, 6.07) is 6.14. The molecule has 3 aromatic rings. The Bertz CT molecular complexity index is 967. The Morgan fingerprint density at radius 3 is 2.50 bits per heavy atom. The van der Waals surface area contributed by atoms with Gasteiger partial charge in [0.05, 0.1) is 10.8 Å². The predicted octanol–water partition coefficient (Wildman–Crippen LogP) is 3.91. The number of fused-ring (bicyclic) bond motifs is 1. The Morgan fingerprint density at radius 1 is 1.19 bits per heavy atom. The Balaban J connectivity index is 2.09. The van der Waals surface area contributed by atoms with Crippen molar-refractivity contribution in [1.82, 2.24) is 14.5 Å². The van der Waals surface area contributed by atoms with Crippen LogP contribution in [0.5, 0.6) is 5.88 Å². The van der Waals surface area contributed by atoms with Crippen molar-refractivity contribution in [2.24, 2.45) is 0 Å². The van der Waals surface area contributed by atoms with E-state index in [9.17, 15) is 8.60 Å². The topological polar surface area (TPSA) is 57.0 Å². The molecule has 0 fully saturated rings. The van der Waals surface area contributed by atoms with Gasteiger partial charge in [0.15, 0.2) is 0 Å². The van der Waals surface area contributed by atoms with Gasteiger partial charge in [-0.05, 0) is 43.5 Å². The molecule has 0 saturated heterocycles. The van der Waals surface area contributed by atoms with Gasteiger partial charge in [-0.2, -0.15) is 4.98 Å². The highest BCUT2D eigenvalue weighted by atomic mass is 32.2. The van der Waals surface area contributed by atoms with Gasteiger partial charge in [-0.1, -0.05) is 19.1 Å². The molecule has 0 aliphatic rings. The summed E-state index contributed by atoms with van der Waals surface area (Å²) in [4.78, 5) is 8.91. The molecule has 2 heterocycles. The minimum absolute atomic E-state index is 0.248. The van der Waals surface area contributed by atoms with Crippen molar-refractivity contribution in [3.8, 4) is 5.88 Å². The first-order valence-electron chi connectivity index (χ1n) is 8.50. The van der Waals surface area contributed by atoms with E-state index in [0.717, 1.165) is 40.8 Å². The summed E-state index contributed by atoms with van der Waals surface area (Å²) < 4.78 is 33.2. The molecule has 1 unspecified atom stereocenters. The number of ether oxygens (including phenoxy) is 1. The molecule has 0 radical (unpaired) electrons. The number of halogens is 1. The van der Waals surface area contributed by atoms with Crippen LogP contribution in [0, 0.1) is 19.7 Å². The molecule has 0 aliphatic carbocycles. The molecule has 3 rings (SSSR count). The number of benzene rings is 1. The van der Waals surface area contributed by atoms with Gasteiger partial charge in [-0.25, -0.2) is 9.37 Å². The van der Waals surface area contributed by atoms with Crippen LogP contribution < -0.4 is 4.74 Å². The molecule has 26 heavy (non-hydrogen) atoms. The lowest BCUT2D eigenvalue weighted by Crippen LogP contribution is -2.06. The van der Waals surface area contributed by atoms with Crippen LogP contribution in [0.4, 0.5) is 4.39 Å². The Labute approximate surface area is 154 Å². The highest BCUT2D eigenvalue weighted by Crippen LogP contribution is 2.31. The quantitative estimate of drug-likeness (QED) is 0.613. The normalized spacial score (nSPS) is 12.5. The van der Waals surface area contributed by atoms with Gasteiger partial charge in [0, 0.05) is 18.5 Å². The highest BCUT2D eigenvalue weighted by molar-refractivity contribution is 7.84. The summed E-state index contributed by atoms with van der Waals surface area (Å²) in [6.07, 6.45) is 2.51. The summed E-state index contributed by atoms with van der Waals surface area (Å²) >= 11 is 0. The fraction of sp³-hybridized carbons (Fsp3) is 0.368. The SMILES string of the molecule is CCCn1c(C)c(C)c2nc(S(C)=O)nc(OCc3ccc(F)cc3)c21. The molecular weight excluding hydrogens is 353 g/mol. The third kappa shape index (κ3) is 3.49. The molecule has 0 aliphatic heterocycles. The third-order valence-corrected chi connectivity index (χ3v) is 5.09. The summed E-state index contributed by atoms with van der Waals surface area (Å²) in [5.74, 6) is 0.124. The largest absolute Gasteiger partial charge is 0.471 e. The van der Waals surface area contributed by atoms with Gasteiger partial charge in [0.1, 0.15) is 23.5 Å². The maximum absolute atomic E-state index is 13.1. The first-order chi connectivity index (χ1) is 12.4. The lowest BCUT2D eigenvalue weighted by atomic mass is 10.2. The minimum atomic E-state index is -1.32. The first-order valence-corrected chi connectivity index (χ1v) is 10.1. The predicted molar refractivity (Wildman–Crippen MR) is 100 cm³/mol. The van der Waals surface area contributed by atoms with Crippen molar-refractivity contribution in [1.29, 1.82) is 0 Å². The van der Waals surface area contributed by atoms with Crippen LogP contribution in [-0.4, -0.2) is 25.0 Å². The van der Waals surface area contributed by atoms with E-state index in [-0.39, 0.29) is 17.6 Å². The van der Waals surface area contributed by atoms with Gasteiger partial charge in [-0.15, -0.1) is 0 Å². The molecule has 5 nitrogen and oxygen atoms in total. The fourth-order valence-electron chi connectivity index (χ4n) is 2.93. The second-order valence-corrected chi connectivity index (χ2v) is 7.51. The van der Waals surface area contributed by atoms with Crippen LogP contribution in [0.3, 0.4) is 0 Å². The van der Waals surface area contributed by atoms with Crippen LogP contribution in [0.2, 0.25) is 0 Å². The van der Waals surface area contributed by atoms with Crippen molar-refractivity contribution in [3.63, 3.8) is 0 Å². The van der Waals surface area contributed by atoms with E-state index in [2.05, 4.69) is 21.5 Å². The fourth-order valence-corrected chi connectivity index (χ4v) is 3.36. The van der Waals surface area contributed by atoms with Gasteiger partial charge in [-0.3, -0.25) is 4.21 Å². The van der Waals surface area contributed by atoms with Gasteiger partial charge >= 0.3 is 0 Å². The lowest BCUT2D eigenvalue weighted by molar-refractivity contribution is 0.293. The zero-order chi connectivity index (χ0) is 18.8.